The predicted molar refractivity (Wildman–Crippen MR) is 73.5 cm³/mol. The molecule has 1 saturated carbocycles. The Bertz CT molecular complexity index is 590. The Morgan fingerprint density at radius 2 is 2.10 bits per heavy atom. The zero-order valence-corrected chi connectivity index (χ0v) is 11.6. The van der Waals surface area contributed by atoms with Crippen molar-refractivity contribution in [1.29, 1.82) is 5.26 Å². The summed E-state index contributed by atoms with van der Waals surface area (Å²) in [5.41, 5.74) is 0.328. The van der Waals surface area contributed by atoms with E-state index in [9.17, 15) is 9.59 Å². The molecule has 6 nitrogen and oxygen atoms in total. The Balaban J connectivity index is 1.99. The maximum Gasteiger partial charge on any atom is 0.326 e. The molecule has 0 aromatic heterocycles. The van der Waals surface area contributed by atoms with Crippen molar-refractivity contribution in [3.63, 3.8) is 0 Å². The zero-order valence-electron chi connectivity index (χ0n) is 11.6. The quantitative estimate of drug-likeness (QED) is 0.822. The third kappa shape index (κ3) is 3.72. The number of carbonyl (C=O) groups excluding carboxylic acids is 1. The topological polar surface area (TPSA) is 99.4 Å². The molecule has 0 heterocycles. The number of hydrogen-bond donors (Lipinski definition) is 2. The summed E-state index contributed by atoms with van der Waals surface area (Å²) in [7, 11) is 0. The van der Waals surface area contributed by atoms with Crippen LogP contribution in [0.2, 0.25) is 0 Å². The van der Waals surface area contributed by atoms with Gasteiger partial charge in [0.1, 0.15) is 17.9 Å². The second-order valence-corrected chi connectivity index (χ2v) is 5.03. The number of carboxylic acid groups (broad SMARTS) is 1. The number of benzene rings is 1. The van der Waals surface area contributed by atoms with E-state index in [4.69, 9.17) is 15.1 Å². The molecule has 110 valence electrons. The summed E-state index contributed by atoms with van der Waals surface area (Å²) < 4.78 is 5.45. The molecule has 1 aliphatic rings. The molecule has 1 aromatic rings. The van der Waals surface area contributed by atoms with Gasteiger partial charge in [-0.3, -0.25) is 4.79 Å². The van der Waals surface area contributed by atoms with Crippen LogP contribution in [-0.4, -0.2) is 29.1 Å². The van der Waals surface area contributed by atoms with E-state index in [1.54, 1.807) is 24.3 Å². The highest BCUT2D eigenvalue weighted by Crippen LogP contribution is 2.32. The van der Waals surface area contributed by atoms with Crippen molar-refractivity contribution in [2.45, 2.75) is 31.9 Å². The van der Waals surface area contributed by atoms with Gasteiger partial charge < -0.3 is 15.2 Å². The van der Waals surface area contributed by atoms with Crippen molar-refractivity contribution in [3.05, 3.63) is 29.8 Å². The number of carbonyl (C=O) groups is 2. The van der Waals surface area contributed by atoms with Gasteiger partial charge in [0.05, 0.1) is 5.56 Å². The molecule has 0 spiro atoms. The molecule has 2 unspecified atom stereocenters. The Kier molecular flexibility index (Phi) is 4.43. The van der Waals surface area contributed by atoms with Crippen molar-refractivity contribution < 1.29 is 19.4 Å². The van der Waals surface area contributed by atoms with Crippen LogP contribution in [-0.2, 0) is 9.59 Å². The van der Waals surface area contributed by atoms with Gasteiger partial charge in [-0.05, 0) is 37.8 Å². The van der Waals surface area contributed by atoms with Crippen LogP contribution in [0, 0.1) is 17.2 Å². The van der Waals surface area contributed by atoms with Crippen molar-refractivity contribution in [2.75, 3.05) is 0 Å². The van der Waals surface area contributed by atoms with Crippen molar-refractivity contribution >= 4 is 11.9 Å². The lowest BCUT2D eigenvalue weighted by molar-refractivity contribution is -0.143. The van der Waals surface area contributed by atoms with Crippen LogP contribution in [0.4, 0.5) is 0 Å². The summed E-state index contributed by atoms with van der Waals surface area (Å²) in [6.45, 7) is 1.52. The molecular weight excluding hydrogens is 272 g/mol. The Hall–Kier alpha value is -2.55. The monoisotopic (exact) mass is 288 g/mol. The van der Waals surface area contributed by atoms with Crippen LogP contribution in [0.25, 0.3) is 0 Å². The van der Waals surface area contributed by atoms with Gasteiger partial charge in [0.25, 0.3) is 5.91 Å². The normalized spacial score (nSPS) is 16.4. The molecule has 0 saturated heterocycles. The number of carboxylic acids is 1. The number of rotatable bonds is 6. The average Bonchev–Trinajstić information content (AvgIpc) is 3.29. The van der Waals surface area contributed by atoms with Gasteiger partial charge >= 0.3 is 5.97 Å². The lowest BCUT2D eigenvalue weighted by Gasteiger charge is -2.19. The molecule has 2 N–H and O–H groups in total. The van der Waals surface area contributed by atoms with Gasteiger partial charge in [0.15, 0.2) is 6.10 Å². The largest absolute Gasteiger partial charge is 0.480 e. The van der Waals surface area contributed by atoms with E-state index in [2.05, 4.69) is 5.32 Å². The van der Waals surface area contributed by atoms with Crippen LogP contribution in [0.15, 0.2) is 24.3 Å². The molecule has 1 aliphatic carbocycles. The van der Waals surface area contributed by atoms with Crippen LogP contribution in [0.3, 0.4) is 0 Å². The van der Waals surface area contributed by atoms with Gasteiger partial charge in [0.2, 0.25) is 0 Å². The van der Waals surface area contributed by atoms with E-state index in [0.29, 0.717) is 11.3 Å². The van der Waals surface area contributed by atoms with Crippen LogP contribution in [0.1, 0.15) is 25.3 Å². The minimum Gasteiger partial charge on any atom is -0.480 e. The van der Waals surface area contributed by atoms with E-state index in [-0.39, 0.29) is 5.92 Å². The summed E-state index contributed by atoms with van der Waals surface area (Å²) in [4.78, 5) is 23.1. The minimum absolute atomic E-state index is 0.00467. The van der Waals surface area contributed by atoms with Crippen LogP contribution < -0.4 is 10.1 Å². The molecule has 0 radical (unpaired) electrons. The van der Waals surface area contributed by atoms with Crippen molar-refractivity contribution in [3.8, 4) is 11.8 Å². The lowest BCUT2D eigenvalue weighted by Crippen LogP contribution is -2.47. The molecule has 1 fully saturated rings. The lowest BCUT2D eigenvalue weighted by atomic mass is 10.2. The number of para-hydroxylation sites is 1. The molecular formula is C15H16N2O4. The number of hydrogen-bond acceptors (Lipinski definition) is 4. The minimum atomic E-state index is -1.03. The number of aliphatic carboxylic acids is 1. The van der Waals surface area contributed by atoms with Gasteiger partial charge in [0, 0.05) is 0 Å². The summed E-state index contributed by atoms with van der Waals surface area (Å²) in [5, 5.41) is 20.5. The third-order valence-corrected chi connectivity index (χ3v) is 3.34. The Labute approximate surface area is 122 Å². The zero-order chi connectivity index (χ0) is 15.4. The summed E-state index contributed by atoms with van der Waals surface area (Å²) >= 11 is 0. The van der Waals surface area contributed by atoms with Crippen molar-refractivity contribution in [1.82, 2.24) is 5.32 Å². The molecule has 0 aliphatic heterocycles. The summed E-state index contributed by atoms with van der Waals surface area (Å²) in [6.07, 6.45) is 0.744. The van der Waals surface area contributed by atoms with Crippen molar-refractivity contribution in [2.24, 2.45) is 5.92 Å². The van der Waals surface area contributed by atoms with Gasteiger partial charge in [-0.25, -0.2) is 4.79 Å². The first-order valence-electron chi connectivity index (χ1n) is 6.72. The molecule has 1 amide bonds. The highest BCUT2D eigenvalue weighted by Gasteiger charge is 2.38. The Morgan fingerprint density at radius 1 is 1.43 bits per heavy atom. The van der Waals surface area contributed by atoms with Crippen LogP contribution >= 0.6 is 0 Å². The first-order valence-corrected chi connectivity index (χ1v) is 6.72. The average molecular weight is 288 g/mol. The summed E-state index contributed by atoms with van der Waals surface area (Å²) in [5.74, 6) is -1.22. The number of nitrogens with one attached hydrogen (secondary N) is 1. The molecule has 6 heteroatoms. The molecule has 2 atom stereocenters. The number of nitriles is 1. The second kappa shape index (κ2) is 6.27. The number of ether oxygens (including phenoxy) is 1. The van der Waals surface area contributed by atoms with Gasteiger partial charge in [-0.2, -0.15) is 5.26 Å². The molecule has 1 aromatic carbocycles. The maximum atomic E-state index is 12.0. The Morgan fingerprint density at radius 3 is 2.67 bits per heavy atom. The fourth-order valence-corrected chi connectivity index (χ4v) is 1.99. The SMILES string of the molecule is CC(Oc1ccccc1C#N)C(=O)NC(C(=O)O)C1CC1. The van der Waals surface area contributed by atoms with E-state index < -0.39 is 24.0 Å². The molecule has 21 heavy (non-hydrogen) atoms. The standard InChI is InChI=1S/C15H16N2O4/c1-9(21-12-5-3-2-4-11(12)8-16)14(18)17-13(15(19)20)10-6-7-10/h2-5,9-10,13H,6-7H2,1H3,(H,17,18)(H,19,20). The van der Waals surface area contributed by atoms with E-state index in [1.165, 1.54) is 6.92 Å². The summed E-state index contributed by atoms with van der Waals surface area (Å²) in [6, 6.07) is 7.69. The van der Waals surface area contributed by atoms with E-state index in [0.717, 1.165) is 12.8 Å². The third-order valence-electron chi connectivity index (χ3n) is 3.34. The smallest absolute Gasteiger partial charge is 0.326 e. The maximum absolute atomic E-state index is 12.0. The highest BCUT2D eigenvalue weighted by molar-refractivity contribution is 5.86. The van der Waals surface area contributed by atoms with Crippen LogP contribution in [0.5, 0.6) is 5.75 Å². The second-order valence-electron chi connectivity index (χ2n) is 5.03. The van der Waals surface area contributed by atoms with E-state index >= 15 is 0 Å². The first-order chi connectivity index (χ1) is 10.0. The van der Waals surface area contributed by atoms with Gasteiger partial charge in [-0.15, -0.1) is 0 Å². The van der Waals surface area contributed by atoms with E-state index in [1.807, 2.05) is 6.07 Å². The number of nitrogens with zero attached hydrogens (tertiary/aromatic N) is 1. The highest BCUT2D eigenvalue weighted by atomic mass is 16.5. The fourth-order valence-electron chi connectivity index (χ4n) is 1.99. The molecule has 2 rings (SSSR count). The first kappa shape index (κ1) is 14.9. The fraction of sp³-hybridized carbons (Fsp3) is 0.400. The van der Waals surface area contributed by atoms with Gasteiger partial charge in [-0.1, -0.05) is 12.1 Å². The predicted octanol–water partition coefficient (Wildman–Crippen LogP) is 1.30. The molecule has 0 bridgehead atoms. The number of amides is 1.